The third-order valence-corrected chi connectivity index (χ3v) is 3.42. The molecule has 0 unspecified atom stereocenters. The van der Waals surface area contributed by atoms with Crippen molar-refractivity contribution in [2.45, 2.75) is 0 Å². The fraction of sp³-hybridized carbons (Fsp3) is 0.235. The zero-order chi connectivity index (χ0) is 16.8. The maximum atomic E-state index is 12.1. The van der Waals surface area contributed by atoms with Crippen LogP contribution in [0, 0.1) is 0 Å². The van der Waals surface area contributed by atoms with Crippen LogP contribution in [-0.4, -0.2) is 47.9 Å². The zero-order valence-electron chi connectivity index (χ0n) is 13.0. The molecular formula is C17H17N3O4. The predicted octanol–water partition coefficient (Wildman–Crippen LogP) is 1.21. The van der Waals surface area contributed by atoms with E-state index >= 15 is 0 Å². The van der Waals surface area contributed by atoms with E-state index in [0.29, 0.717) is 30.5 Å². The third kappa shape index (κ3) is 4.22. The summed E-state index contributed by atoms with van der Waals surface area (Å²) < 4.78 is 11.1. The van der Waals surface area contributed by atoms with Crippen LogP contribution in [-0.2, 0) is 9.59 Å². The molecule has 0 spiro atoms. The highest BCUT2D eigenvalue weighted by Gasteiger charge is 2.21. The number of benzene rings is 1. The fourth-order valence-electron chi connectivity index (χ4n) is 2.24. The average Bonchev–Trinajstić information content (AvgIpc) is 2.61. The molecule has 0 aliphatic carbocycles. The lowest BCUT2D eigenvalue weighted by molar-refractivity contribution is -0.139. The van der Waals surface area contributed by atoms with E-state index in [2.05, 4.69) is 10.3 Å². The van der Waals surface area contributed by atoms with Crippen molar-refractivity contribution in [1.29, 1.82) is 0 Å². The Kier molecular flexibility index (Phi) is 4.90. The number of hydrogen-bond donors (Lipinski definition) is 1. The van der Waals surface area contributed by atoms with Gasteiger partial charge in [-0.05, 0) is 18.2 Å². The Hall–Kier alpha value is -3.09. The van der Waals surface area contributed by atoms with Crippen molar-refractivity contribution in [3.63, 3.8) is 0 Å². The molecule has 2 aromatic rings. The van der Waals surface area contributed by atoms with Crippen LogP contribution in [0.5, 0.6) is 17.4 Å². The highest BCUT2D eigenvalue weighted by atomic mass is 16.5. The Balaban J connectivity index is 1.56. The van der Waals surface area contributed by atoms with Gasteiger partial charge < -0.3 is 19.7 Å². The van der Waals surface area contributed by atoms with E-state index in [1.807, 2.05) is 6.07 Å². The van der Waals surface area contributed by atoms with E-state index in [1.54, 1.807) is 42.6 Å². The first kappa shape index (κ1) is 15.8. The standard InChI is InChI=1S/C17H17N3O4/c21-15-11-20(9-8-18-15)17(22)12-23-13-4-3-5-14(10-13)24-16-6-1-2-7-19-16/h1-7,10H,8-9,11-12H2,(H,18,21). The van der Waals surface area contributed by atoms with E-state index in [1.165, 1.54) is 4.90 Å². The van der Waals surface area contributed by atoms with Crippen LogP contribution >= 0.6 is 0 Å². The van der Waals surface area contributed by atoms with Gasteiger partial charge in [0.25, 0.3) is 5.91 Å². The van der Waals surface area contributed by atoms with Gasteiger partial charge in [0.1, 0.15) is 11.5 Å². The topological polar surface area (TPSA) is 80.8 Å². The van der Waals surface area contributed by atoms with E-state index < -0.39 is 0 Å². The second kappa shape index (κ2) is 7.45. The van der Waals surface area contributed by atoms with Crippen LogP contribution in [0.15, 0.2) is 48.7 Å². The van der Waals surface area contributed by atoms with Gasteiger partial charge >= 0.3 is 0 Å². The summed E-state index contributed by atoms with van der Waals surface area (Å²) in [6.07, 6.45) is 1.64. The average molecular weight is 327 g/mol. The van der Waals surface area contributed by atoms with Gasteiger partial charge in [0, 0.05) is 31.4 Å². The lowest BCUT2D eigenvalue weighted by atomic mass is 10.3. The molecule has 2 amide bonds. The second-order valence-electron chi connectivity index (χ2n) is 5.20. The van der Waals surface area contributed by atoms with Crippen molar-refractivity contribution < 1.29 is 19.1 Å². The van der Waals surface area contributed by atoms with Crippen LogP contribution in [0.25, 0.3) is 0 Å². The number of hydrogen-bond acceptors (Lipinski definition) is 5. The lowest BCUT2D eigenvalue weighted by Gasteiger charge is -2.26. The number of nitrogens with zero attached hydrogens (tertiary/aromatic N) is 2. The van der Waals surface area contributed by atoms with Crippen LogP contribution < -0.4 is 14.8 Å². The van der Waals surface area contributed by atoms with Crippen molar-refractivity contribution >= 4 is 11.8 Å². The van der Waals surface area contributed by atoms with Crippen LogP contribution in [0.3, 0.4) is 0 Å². The molecule has 0 atom stereocenters. The first-order chi connectivity index (χ1) is 11.7. The van der Waals surface area contributed by atoms with Gasteiger partial charge in [-0.25, -0.2) is 4.98 Å². The molecule has 124 valence electrons. The SMILES string of the molecule is O=C1CN(C(=O)COc2cccc(Oc3ccccn3)c2)CCN1. The monoisotopic (exact) mass is 327 g/mol. The normalized spacial score (nSPS) is 14.0. The summed E-state index contributed by atoms with van der Waals surface area (Å²) in [4.78, 5) is 28.9. The summed E-state index contributed by atoms with van der Waals surface area (Å²) in [5.41, 5.74) is 0. The number of aromatic nitrogens is 1. The maximum absolute atomic E-state index is 12.1. The fourth-order valence-corrected chi connectivity index (χ4v) is 2.24. The van der Waals surface area contributed by atoms with E-state index in [4.69, 9.17) is 9.47 Å². The number of carbonyl (C=O) groups excluding carboxylic acids is 2. The lowest BCUT2D eigenvalue weighted by Crippen LogP contribution is -2.51. The summed E-state index contributed by atoms with van der Waals surface area (Å²) in [5.74, 6) is 1.18. The quantitative estimate of drug-likeness (QED) is 0.893. The van der Waals surface area contributed by atoms with Gasteiger partial charge in [0.15, 0.2) is 6.61 Å². The summed E-state index contributed by atoms with van der Waals surface area (Å²) >= 11 is 0. The Morgan fingerprint density at radius 3 is 2.88 bits per heavy atom. The predicted molar refractivity (Wildman–Crippen MR) is 85.8 cm³/mol. The molecule has 0 bridgehead atoms. The van der Waals surface area contributed by atoms with Gasteiger partial charge in [0.2, 0.25) is 11.8 Å². The molecule has 1 aromatic heterocycles. The minimum Gasteiger partial charge on any atom is -0.484 e. The van der Waals surface area contributed by atoms with Gasteiger partial charge in [-0.1, -0.05) is 12.1 Å². The molecule has 1 fully saturated rings. The molecule has 1 aromatic carbocycles. The molecule has 1 N–H and O–H groups in total. The van der Waals surface area contributed by atoms with Gasteiger partial charge in [-0.3, -0.25) is 9.59 Å². The number of pyridine rings is 1. The molecular weight excluding hydrogens is 310 g/mol. The summed E-state index contributed by atoms with van der Waals surface area (Å²) in [5, 5.41) is 2.68. The van der Waals surface area contributed by atoms with Crippen LogP contribution in [0.4, 0.5) is 0 Å². The van der Waals surface area contributed by atoms with Crippen molar-refractivity contribution in [2.75, 3.05) is 26.2 Å². The minimum atomic E-state index is -0.221. The molecule has 0 saturated carbocycles. The number of ether oxygens (including phenoxy) is 2. The van der Waals surface area contributed by atoms with Gasteiger partial charge in [-0.15, -0.1) is 0 Å². The first-order valence-electron chi connectivity index (χ1n) is 7.57. The van der Waals surface area contributed by atoms with Crippen molar-refractivity contribution in [1.82, 2.24) is 15.2 Å². The molecule has 1 aliphatic rings. The smallest absolute Gasteiger partial charge is 0.261 e. The number of amides is 2. The number of nitrogens with one attached hydrogen (secondary N) is 1. The first-order valence-corrected chi connectivity index (χ1v) is 7.57. The Bertz CT molecular complexity index is 721. The Morgan fingerprint density at radius 2 is 2.08 bits per heavy atom. The number of carbonyl (C=O) groups is 2. The van der Waals surface area contributed by atoms with Gasteiger partial charge in [0.05, 0.1) is 6.54 Å². The molecule has 2 heterocycles. The minimum absolute atomic E-state index is 0.0744. The highest BCUT2D eigenvalue weighted by molar-refractivity contribution is 5.86. The third-order valence-electron chi connectivity index (χ3n) is 3.42. The molecule has 7 nitrogen and oxygen atoms in total. The maximum Gasteiger partial charge on any atom is 0.261 e. The van der Waals surface area contributed by atoms with Crippen LogP contribution in [0.2, 0.25) is 0 Å². The highest BCUT2D eigenvalue weighted by Crippen LogP contribution is 2.23. The summed E-state index contributed by atoms with van der Waals surface area (Å²) in [7, 11) is 0. The molecule has 0 radical (unpaired) electrons. The van der Waals surface area contributed by atoms with Crippen LogP contribution in [0.1, 0.15) is 0 Å². The Morgan fingerprint density at radius 1 is 1.21 bits per heavy atom. The largest absolute Gasteiger partial charge is 0.484 e. The number of piperazine rings is 1. The van der Waals surface area contributed by atoms with E-state index in [-0.39, 0.29) is 25.0 Å². The molecule has 1 saturated heterocycles. The second-order valence-corrected chi connectivity index (χ2v) is 5.20. The van der Waals surface area contributed by atoms with E-state index in [9.17, 15) is 9.59 Å². The van der Waals surface area contributed by atoms with Gasteiger partial charge in [-0.2, -0.15) is 0 Å². The molecule has 1 aliphatic heterocycles. The molecule has 3 rings (SSSR count). The summed E-state index contributed by atoms with van der Waals surface area (Å²) in [6.45, 7) is 0.917. The molecule has 7 heteroatoms. The zero-order valence-corrected chi connectivity index (χ0v) is 13.0. The summed E-state index contributed by atoms with van der Waals surface area (Å²) in [6, 6.07) is 12.4. The van der Waals surface area contributed by atoms with Crippen molar-refractivity contribution in [3.05, 3.63) is 48.7 Å². The molecule has 24 heavy (non-hydrogen) atoms. The number of rotatable bonds is 5. The van der Waals surface area contributed by atoms with Crippen molar-refractivity contribution in [2.24, 2.45) is 0 Å². The Labute approximate surface area is 139 Å². The van der Waals surface area contributed by atoms with Crippen molar-refractivity contribution in [3.8, 4) is 17.4 Å². The van der Waals surface area contributed by atoms with E-state index in [0.717, 1.165) is 0 Å².